The maximum absolute atomic E-state index is 11.5. The Morgan fingerprint density at radius 2 is 1.86 bits per heavy atom. The molecule has 1 amide bonds. The fourth-order valence-corrected chi connectivity index (χ4v) is 1.70. The van der Waals surface area contributed by atoms with Crippen LogP contribution in [0.4, 0.5) is 5.69 Å². The van der Waals surface area contributed by atoms with Crippen LogP contribution in [-0.2, 0) is 9.59 Å². The zero-order valence-electron chi connectivity index (χ0n) is 7.93. The van der Waals surface area contributed by atoms with Gasteiger partial charge in [0.1, 0.15) is 0 Å². The van der Waals surface area contributed by atoms with E-state index in [2.05, 4.69) is 0 Å². The van der Waals surface area contributed by atoms with Crippen LogP contribution in [0.25, 0.3) is 0 Å². The van der Waals surface area contributed by atoms with Gasteiger partial charge in [-0.15, -0.1) is 0 Å². The minimum atomic E-state index is -0.315. The highest BCUT2D eigenvalue weighted by Crippen LogP contribution is 2.23. The fraction of sp³-hybridized carbons (Fsp3) is 0.273. The molecule has 1 aromatic rings. The van der Waals surface area contributed by atoms with E-state index >= 15 is 0 Å². The number of nitrogens with zero attached hydrogens (tertiary/aromatic N) is 1. The minimum Gasteiger partial charge on any atom is -0.302 e. The molecule has 0 aromatic heterocycles. The van der Waals surface area contributed by atoms with Gasteiger partial charge in [0.05, 0.1) is 12.5 Å². The van der Waals surface area contributed by atoms with Crippen molar-refractivity contribution in [2.24, 2.45) is 0 Å². The summed E-state index contributed by atoms with van der Waals surface area (Å²) in [6.45, 7) is 1.76. The second-order valence-electron chi connectivity index (χ2n) is 3.42. The van der Waals surface area contributed by atoms with E-state index in [0.717, 1.165) is 5.69 Å². The highest BCUT2D eigenvalue weighted by Gasteiger charge is 2.35. The lowest BCUT2D eigenvalue weighted by Gasteiger charge is -2.20. The van der Waals surface area contributed by atoms with Gasteiger partial charge >= 0.3 is 0 Å². The molecule has 0 bridgehead atoms. The van der Waals surface area contributed by atoms with E-state index < -0.39 is 0 Å². The van der Waals surface area contributed by atoms with Crippen molar-refractivity contribution >= 4 is 17.4 Å². The number of benzene rings is 1. The summed E-state index contributed by atoms with van der Waals surface area (Å²) in [6, 6.07) is 8.97. The van der Waals surface area contributed by atoms with Gasteiger partial charge in [-0.05, 0) is 19.1 Å². The molecule has 1 unspecified atom stereocenters. The van der Waals surface area contributed by atoms with Crippen molar-refractivity contribution in [3.05, 3.63) is 30.3 Å². The Balaban J connectivity index is 2.36. The number of para-hydroxylation sites is 1. The Labute approximate surface area is 82.3 Å². The zero-order valence-corrected chi connectivity index (χ0v) is 7.93. The first-order valence-corrected chi connectivity index (χ1v) is 4.60. The largest absolute Gasteiger partial charge is 0.302 e. The number of anilines is 1. The van der Waals surface area contributed by atoms with Gasteiger partial charge < -0.3 is 4.90 Å². The third-order valence-electron chi connectivity index (χ3n) is 2.48. The van der Waals surface area contributed by atoms with Gasteiger partial charge in [0.2, 0.25) is 5.91 Å². The van der Waals surface area contributed by atoms with Crippen LogP contribution in [0.15, 0.2) is 30.3 Å². The van der Waals surface area contributed by atoms with Crippen molar-refractivity contribution in [3.8, 4) is 0 Å². The van der Waals surface area contributed by atoms with Crippen LogP contribution in [0.5, 0.6) is 0 Å². The number of amides is 1. The van der Waals surface area contributed by atoms with Gasteiger partial charge in [-0.3, -0.25) is 9.59 Å². The third-order valence-corrected chi connectivity index (χ3v) is 2.48. The first-order valence-electron chi connectivity index (χ1n) is 4.60. The predicted octanol–water partition coefficient (Wildman–Crippen LogP) is 1.38. The molecule has 3 nitrogen and oxygen atoms in total. The van der Waals surface area contributed by atoms with Gasteiger partial charge in [-0.1, -0.05) is 18.2 Å². The quantitative estimate of drug-likeness (QED) is 0.626. The fourth-order valence-electron chi connectivity index (χ4n) is 1.70. The van der Waals surface area contributed by atoms with Crippen LogP contribution < -0.4 is 4.90 Å². The first-order chi connectivity index (χ1) is 6.70. The highest BCUT2D eigenvalue weighted by molar-refractivity contribution is 6.16. The Kier molecular flexibility index (Phi) is 2.08. The molecule has 14 heavy (non-hydrogen) atoms. The molecule has 1 aromatic carbocycles. The predicted molar refractivity (Wildman–Crippen MR) is 53.0 cm³/mol. The smallest absolute Gasteiger partial charge is 0.235 e. The Morgan fingerprint density at radius 3 is 2.36 bits per heavy atom. The second-order valence-corrected chi connectivity index (χ2v) is 3.42. The third kappa shape index (κ3) is 1.31. The molecule has 1 aliphatic heterocycles. The molecule has 0 spiro atoms. The molecular weight excluding hydrogens is 178 g/mol. The molecule has 1 fully saturated rings. The van der Waals surface area contributed by atoms with Crippen molar-refractivity contribution in [1.82, 2.24) is 0 Å². The lowest BCUT2D eigenvalue weighted by atomic mass is 10.2. The van der Waals surface area contributed by atoms with Gasteiger partial charge in [0.25, 0.3) is 0 Å². The monoisotopic (exact) mass is 189 g/mol. The average Bonchev–Trinajstić information content (AvgIpc) is 2.43. The van der Waals surface area contributed by atoms with Crippen molar-refractivity contribution in [3.63, 3.8) is 0 Å². The first kappa shape index (κ1) is 8.94. The molecule has 0 N–H and O–H groups in total. The number of carbonyl (C=O) groups is 2. The van der Waals surface area contributed by atoms with Crippen molar-refractivity contribution in [2.45, 2.75) is 19.4 Å². The normalized spacial score (nSPS) is 21.8. The lowest BCUT2D eigenvalue weighted by molar-refractivity contribution is -0.121. The Bertz CT molecular complexity index is 372. The van der Waals surface area contributed by atoms with E-state index in [-0.39, 0.29) is 24.2 Å². The van der Waals surface area contributed by atoms with E-state index in [1.807, 2.05) is 30.3 Å². The number of carbonyl (C=O) groups excluding carboxylic acids is 2. The van der Waals surface area contributed by atoms with Gasteiger partial charge in [-0.25, -0.2) is 0 Å². The molecule has 72 valence electrons. The van der Waals surface area contributed by atoms with Gasteiger partial charge in [-0.2, -0.15) is 0 Å². The number of hydrogen-bond acceptors (Lipinski definition) is 2. The van der Waals surface area contributed by atoms with Crippen LogP contribution in [0.2, 0.25) is 0 Å². The summed E-state index contributed by atoms with van der Waals surface area (Å²) < 4.78 is 0. The van der Waals surface area contributed by atoms with Crippen LogP contribution in [0.1, 0.15) is 13.3 Å². The van der Waals surface area contributed by atoms with Crippen molar-refractivity contribution in [1.29, 1.82) is 0 Å². The van der Waals surface area contributed by atoms with Crippen LogP contribution >= 0.6 is 0 Å². The summed E-state index contributed by atoms with van der Waals surface area (Å²) in [4.78, 5) is 24.4. The molecule has 1 aliphatic rings. The average molecular weight is 189 g/mol. The topological polar surface area (TPSA) is 37.4 Å². The number of Topliss-reactive ketones (excluding diaryl/α,β-unsaturated/α-hetero) is 1. The summed E-state index contributed by atoms with van der Waals surface area (Å²) in [5.74, 6) is -0.104. The number of ketones is 1. The molecule has 2 rings (SSSR count). The van der Waals surface area contributed by atoms with Crippen molar-refractivity contribution in [2.75, 3.05) is 4.90 Å². The molecule has 0 saturated carbocycles. The molecule has 3 heteroatoms. The summed E-state index contributed by atoms with van der Waals surface area (Å²) >= 11 is 0. The molecule has 1 heterocycles. The molecular formula is C11H11NO2. The molecule has 0 aliphatic carbocycles. The van der Waals surface area contributed by atoms with E-state index in [1.54, 1.807) is 11.8 Å². The summed E-state index contributed by atoms with van der Waals surface area (Å²) in [5, 5.41) is 0. The second kappa shape index (κ2) is 3.25. The summed E-state index contributed by atoms with van der Waals surface area (Å²) in [6.07, 6.45) is 0.0378. The number of hydrogen-bond donors (Lipinski definition) is 0. The molecule has 1 atom stereocenters. The van der Waals surface area contributed by atoms with E-state index in [4.69, 9.17) is 0 Å². The van der Waals surface area contributed by atoms with Crippen molar-refractivity contribution < 1.29 is 9.59 Å². The van der Waals surface area contributed by atoms with E-state index in [0.29, 0.717) is 0 Å². The standard InChI is InChI=1S/C11H11NO2/c1-8-10(13)7-11(14)12(8)9-5-3-2-4-6-9/h2-6,8H,7H2,1H3. The zero-order chi connectivity index (χ0) is 10.1. The molecule has 1 saturated heterocycles. The maximum atomic E-state index is 11.5. The van der Waals surface area contributed by atoms with E-state index in [9.17, 15) is 9.59 Å². The minimum absolute atomic E-state index is 0.00106. The maximum Gasteiger partial charge on any atom is 0.235 e. The van der Waals surface area contributed by atoms with Crippen LogP contribution in [-0.4, -0.2) is 17.7 Å². The van der Waals surface area contributed by atoms with E-state index in [1.165, 1.54) is 0 Å². The van der Waals surface area contributed by atoms with Gasteiger partial charge in [0, 0.05) is 5.69 Å². The Hall–Kier alpha value is -1.64. The van der Waals surface area contributed by atoms with Crippen LogP contribution in [0.3, 0.4) is 0 Å². The molecule has 0 radical (unpaired) electrons. The highest BCUT2D eigenvalue weighted by atomic mass is 16.2. The Morgan fingerprint density at radius 1 is 1.21 bits per heavy atom. The summed E-state index contributed by atoms with van der Waals surface area (Å²) in [7, 11) is 0. The number of rotatable bonds is 1. The summed E-state index contributed by atoms with van der Waals surface area (Å²) in [5.41, 5.74) is 0.802. The SMILES string of the molecule is CC1C(=O)CC(=O)N1c1ccccc1. The lowest BCUT2D eigenvalue weighted by Crippen LogP contribution is -2.32. The van der Waals surface area contributed by atoms with Crippen LogP contribution in [0, 0.1) is 0 Å². The van der Waals surface area contributed by atoms with Gasteiger partial charge in [0.15, 0.2) is 5.78 Å².